The quantitative estimate of drug-likeness (QED) is 0.620. The van der Waals surface area contributed by atoms with Crippen LogP contribution in [-0.2, 0) is 0 Å². The second-order valence-electron chi connectivity index (χ2n) is 4.40. The van der Waals surface area contributed by atoms with Crippen LogP contribution >= 0.6 is 0 Å². The molecular weight excluding hydrogens is 150 g/mol. The Balaban J connectivity index is 2.07. The molecule has 2 aliphatic rings. The molecule has 2 fully saturated rings. The van der Waals surface area contributed by atoms with E-state index in [0.717, 1.165) is 13.0 Å². The van der Waals surface area contributed by atoms with E-state index in [1.807, 2.05) is 0 Å². The van der Waals surface area contributed by atoms with E-state index in [-0.39, 0.29) is 5.60 Å². The van der Waals surface area contributed by atoms with Crippen molar-refractivity contribution in [3.8, 4) is 0 Å². The Bertz CT molecular complexity index is 165. The van der Waals surface area contributed by atoms with Crippen LogP contribution in [-0.4, -0.2) is 23.3 Å². The van der Waals surface area contributed by atoms with Crippen LogP contribution in [0.1, 0.15) is 39.0 Å². The second-order valence-corrected chi connectivity index (χ2v) is 4.40. The maximum absolute atomic E-state index is 10.4. The van der Waals surface area contributed by atoms with Crippen molar-refractivity contribution in [1.82, 2.24) is 5.32 Å². The number of aliphatic hydroxyl groups is 1. The van der Waals surface area contributed by atoms with E-state index >= 15 is 0 Å². The van der Waals surface area contributed by atoms with E-state index < -0.39 is 0 Å². The lowest BCUT2D eigenvalue weighted by Crippen LogP contribution is -2.45. The molecule has 70 valence electrons. The zero-order valence-corrected chi connectivity index (χ0v) is 7.84. The molecule has 0 spiro atoms. The zero-order valence-electron chi connectivity index (χ0n) is 7.84. The fourth-order valence-corrected chi connectivity index (χ4v) is 2.87. The molecule has 2 rings (SSSR count). The molecule has 2 unspecified atom stereocenters. The molecular formula is C10H19NO. The number of hydrogen-bond donors (Lipinski definition) is 2. The summed E-state index contributed by atoms with van der Waals surface area (Å²) in [6.07, 6.45) is 6.07. The molecule has 0 bridgehead atoms. The van der Waals surface area contributed by atoms with Crippen molar-refractivity contribution in [2.75, 3.05) is 6.54 Å². The number of hydrogen-bond acceptors (Lipinski definition) is 2. The van der Waals surface area contributed by atoms with E-state index in [0.29, 0.717) is 12.0 Å². The van der Waals surface area contributed by atoms with Crippen molar-refractivity contribution in [3.63, 3.8) is 0 Å². The van der Waals surface area contributed by atoms with Crippen LogP contribution in [0.15, 0.2) is 0 Å². The Labute approximate surface area is 74.4 Å². The van der Waals surface area contributed by atoms with Crippen molar-refractivity contribution >= 4 is 0 Å². The van der Waals surface area contributed by atoms with Crippen molar-refractivity contribution in [1.29, 1.82) is 0 Å². The largest absolute Gasteiger partial charge is 0.388 e. The molecule has 1 aliphatic carbocycles. The van der Waals surface area contributed by atoms with E-state index in [1.54, 1.807) is 0 Å². The van der Waals surface area contributed by atoms with E-state index in [1.165, 1.54) is 25.7 Å². The van der Waals surface area contributed by atoms with Crippen LogP contribution in [0.4, 0.5) is 0 Å². The average Bonchev–Trinajstić information content (AvgIpc) is 2.62. The van der Waals surface area contributed by atoms with Crippen molar-refractivity contribution in [3.05, 3.63) is 0 Å². The molecule has 0 aromatic carbocycles. The van der Waals surface area contributed by atoms with Gasteiger partial charge in [0.25, 0.3) is 0 Å². The van der Waals surface area contributed by atoms with Gasteiger partial charge in [-0.1, -0.05) is 12.8 Å². The predicted molar refractivity (Wildman–Crippen MR) is 49.0 cm³/mol. The Hall–Kier alpha value is -0.0800. The summed E-state index contributed by atoms with van der Waals surface area (Å²) in [5.74, 6) is 0.572. The Morgan fingerprint density at radius 1 is 1.33 bits per heavy atom. The average molecular weight is 169 g/mol. The summed E-state index contributed by atoms with van der Waals surface area (Å²) >= 11 is 0. The zero-order chi connectivity index (χ0) is 8.60. The van der Waals surface area contributed by atoms with Gasteiger partial charge in [0.2, 0.25) is 0 Å². The Morgan fingerprint density at radius 3 is 2.50 bits per heavy atom. The van der Waals surface area contributed by atoms with Gasteiger partial charge in [0.15, 0.2) is 0 Å². The van der Waals surface area contributed by atoms with Gasteiger partial charge in [0.05, 0.1) is 5.60 Å². The summed E-state index contributed by atoms with van der Waals surface area (Å²) in [6, 6.07) is 0.306. The summed E-state index contributed by atoms with van der Waals surface area (Å²) in [4.78, 5) is 0. The molecule has 0 aromatic heterocycles. The lowest BCUT2D eigenvalue weighted by Gasteiger charge is -2.33. The lowest BCUT2D eigenvalue weighted by molar-refractivity contribution is -0.0222. The van der Waals surface area contributed by atoms with E-state index in [2.05, 4.69) is 12.2 Å². The molecule has 1 heterocycles. The molecule has 1 saturated heterocycles. The van der Waals surface area contributed by atoms with E-state index in [9.17, 15) is 5.11 Å². The van der Waals surface area contributed by atoms with Gasteiger partial charge in [0, 0.05) is 6.04 Å². The van der Waals surface area contributed by atoms with Crippen molar-refractivity contribution in [2.45, 2.75) is 50.7 Å². The second kappa shape index (κ2) is 3.00. The number of nitrogens with one attached hydrogen (secondary N) is 1. The first-order chi connectivity index (χ1) is 5.73. The van der Waals surface area contributed by atoms with Gasteiger partial charge >= 0.3 is 0 Å². The van der Waals surface area contributed by atoms with Crippen molar-refractivity contribution in [2.24, 2.45) is 5.92 Å². The molecule has 2 nitrogen and oxygen atoms in total. The molecule has 1 aliphatic heterocycles. The fourth-order valence-electron chi connectivity index (χ4n) is 2.87. The first kappa shape index (κ1) is 8.52. The highest BCUT2D eigenvalue weighted by Gasteiger charge is 2.45. The maximum atomic E-state index is 10.4. The molecule has 0 aromatic rings. The van der Waals surface area contributed by atoms with Gasteiger partial charge in [-0.2, -0.15) is 0 Å². The smallest absolute Gasteiger partial charge is 0.0837 e. The summed E-state index contributed by atoms with van der Waals surface area (Å²) in [5.41, 5.74) is -0.378. The fraction of sp³-hybridized carbons (Fsp3) is 1.00. The maximum Gasteiger partial charge on any atom is 0.0837 e. The third-order valence-corrected chi connectivity index (χ3v) is 3.79. The lowest BCUT2D eigenvalue weighted by atomic mass is 9.81. The Kier molecular flexibility index (Phi) is 2.13. The van der Waals surface area contributed by atoms with E-state index in [4.69, 9.17) is 0 Å². The van der Waals surface area contributed by atoms with Crippen LogP contribution in [0.5, 0.6) is 0 Å². The summed E-state index contributed by atoms with van der Waals surface area (Å²) in [6.45, 7) is 3.11. The van der Waals surface area contributed by atoms with Gasteiger partial charge in [-0.3, -0.25) is 0 Å². The van der Waals surface area contributed by atoms with Crippen LogP contribution in [0.3, 0.4) is 0 Å². The minimum atomic E-state index is -0.378. The normalized spacial score (nSPS) is 44.0. The molecule has 1 saturated carbocycles. The first-order valence-electron chi connectivity index (χ1n) is 5.19. The topological polar surface area (TPSA) is 32.3 Å². The minimum absolute atomic E-state index is 0.306. The SMILES string of the molecule is CC1NCCC1(O)C1CCCC1. The van der Waals surface area contributed by atoms with Gasteiger partial charge in [-0.05, 0) is 38.6 Å². The minimum Gasteiger partial charge on any atom is -0.388 e. The highest BCUT2D eigenvalue weighted by molar-refractivity contribution is 5.00. The van der Waals surface area contributed by atoms with Gasteiger partial charge in [-0.15, -0.1) is 0 Å². The summed E-state index contributed by atoms with van der Waals surface area (Å²) < 4.78 is 0. The van der Waals surface area contributed by atoms with Crippen LogP contribution in [0.25, 0.3) is 0 Å². The molecule has 12 heavy (non-hydrogen) atoms. The summed E-state index contributed by atoms with van der Waals surface area (Å²) in [5, 5.41) is 13.7. The van der Waals surface area contributed by atoms with Crippen molar-refractivity contribution < 1.29 is 5.11 Å². The van der Waals surface area contributed by atoms with Gasteiger partial charge < -0.3 is 10.4 Å². The third kappa shape index (κ3) is 1.17. The van der Waals surface area contributed by atoms with Crippen LogP contribution < -0.4 is 5.32 Å². The Morgan fingerprint density at radius 2 is 2.00 bits per heavy atom. The monoisotopic (exact) mass is 169 g/mol. The van der Waals surface area contributed by atoms with Crippen LogP contribution in [0, 0.1) is 5.92 Å². The highest BCUT2D eigenvalue weighted by atomic mass is 16.3. The molecule has 2 N–H and O–H groups in total. The third-order valence-electron chi connectivity index (χ3n) is 3.79. The molecule has 2 atom stereocenters. The predicted octanol–water partition coefficient (Wildman–Crippen LogP) is 1.29. The summed E-state index contributed by atoms with van der Waals surface area (Å²) in [7, 11) is 0. The first-order valence-corrected chi connectivity index (χ1v) is 5.19. The standard InChI is InChI=1S/C10H19NO/c1-8-10(12,6-7-11-8)9-4-2-3-5-9/h8-9,11-12H,2-7H2,1H3. The van der Waals surface area contributed by atoms with Gasteiger partial charge in [-0.25, -0.2) is 0 Å². The number of rotatable bonds is 1. The molecule has 2 heteroatoms. The molecule has 0 amide bonds. The van der Waals surface area contributed by atoms with Crippen LogP contribution in [0.2, 0.25) is 0 Å². The highest BCUT2D eigenvalue weighted by Crippen LogP contribution is 2.39. The van der Waals surface area contributed by atoms with Gasteiger partial charge in [0.1, 0.15) is 0 Å². The molecule has 0 radical (unpaired) electrons.